The van der Waals surface area contributed by atoms with Crippen LogP contribution >= 0.6 is 0 Å². The molecular weight excluding hydrogens is 501 g/mol. The number of anilines is 1. The smallest absolute Gasteiger partial charge is 0.416 e. The first-order valence-corrected chi connectivity index (χ1v) is 11.5. The number of aliphatic hydroxyl groups excluding tert-OH is 3. The van der Waals surface area contributed by atoms with E-state index in [2.05, 4.69) is 20.9 Å². The molecule has 15 heteroatoms. The van der Waals surface area contributed by atoms with E-state index in [-0.39, 0.29) is 18.5 Å². The molecule has 1 aromatic heterocycles. The topological polar surface area (TPSA) is 160 Å². The van der Waals surface area contributed by atoms with Crippen LogP contribution in [0.4, 0.5) is 23.8 Å². The van der Waals surface area contributed by atoms with Gasteiger partial charge in [0.15, 0.2) is 6.10 Å². The van der Waals surface area contributed by atoms with Gasteiger partial charge in [0.05, 0.1) is 24.9 Å². The van der Waals surface area contributed by atoms with Crippen molar-refractivity contribution in [2.45, 2.75) is 36.9 Å². The van der Waals surface area contributed by atoms with E-state index in [0.717, 1.165) is 0 Å². The molecule has 202 valence electrons. The van der Waals surface area contributed by atoms with E-state index in [9.17, 15) is 27.9 Å². The fourth-order valence-corrected chi connectivity index (χ4v) is 4.17. The zero-order valence-corrected chi connectivity index (χ0v) is 19.5. The van der Waals surface area contributed by atoms with E-state index >= 15 is 0 Å². The molecule has 6 N–H and O–H groups in total. The summed E-state index contributed by atoms with van der Waals surface area (Å²) >= 11 is 0. The van der Waals surface area contributed by atoms with Gasteiger partial charge in [0.25, 0.3) is 0 Å². The monoisotopic (exact) mass is 528 g/mol. The van der Waals surface area contributed by atoms with Crippen molar-refractivity contribution < 1.29 is 42.8 Å². The maximum atomic E-state index is 13.3. The first-order chi connectivity index (χ1) is 17.6. The Kier molecular flexibility index (Phi) is 7.75. The number of urea groups is 1. The Hall–Kier alpha value is -3.56. The summed E-state index contributed by atoms with van der Waals surface area (Å²) in [6.07, 6.45) is -3.46. The molecule has 12 nitrogen and oxygen atoms in total. The van der Waals surface area contributed by atoms with Crippen LogP contribution in [0.1, 0.15) is 6.42 Å². The number of hydrogen-bond acceptors (Lipinski definition) is 9. The van der Waals surface area contributed by atoms with E-state index < -0.39 is 49.5 Å². The fraction of sp³-hybridized carbons (Fsp3) is 0.500. The lowest BCUT2D eigenvalue weighted by atomic mass is 10.1. The summed E-state index contributed by atoms with van der Waals surface area (Å²) < 4.78 is 43.1. The van der Waals surface area contributed by atoms with Gasteiger partial charge in [-0.2, -0.15) is 13.2 Å². The SMILES string of the molecule is O=C(NC[C@H](O)C(F)(F)F)C1C=CC2=C(N1)N(C(=O)Nc1cc(OC[C@H](O)CO)ccn1)C1CCN2C1. The lowest BCUT2D eigenvalue weighted by Gasteiger charge is -2.40. The molecule has 1 fully saturated rings. The van der Waals surface area contributed by atoms with E-state index in [0.29, 0.717) is 36.8 Å². The van der Waals surface area contributed by atoms with Crippen LogP contribution in [-0.2, 0) is 4.79 Å². The van der Waals surface area contributed by atoms with Gasteiger partial charge in [-0.1, -0.05) is 6.08 Å². The molecule has 4 rings (SSSR count). The van der Waals surface area contributed by atoms with E-state index in [1.54, 1.807) is 6.08 Å². The highest BCUT2D eigenvalue weighted by Gasteiger charge is 2.43. The number of dihydropyridines is 1. The van der Waals surface area contributed by atoms with Gasteiger partial charge in [0.1, 0.15) is 36.1 Å². The molecule has 3 aliphatic heterocycles. The molecule has 3 aliphatic rings. The van der Waals surface area contributed by atoms with Crippen molar-refractivity contribution in [3.8, 4) is 5.75 Å². The standard InChI is InChI=1S/C22H27F3N6O6/c23-22(24,25)17(34)8-27-20(35)15-1-2-16-19(28-15)31(12-4-6-30(16)9-12)21(36)29-18-7-14(3-5-26-18)37-11-13(33)10-32/h1-3,5,7,12-13,15,17,28,32-34H,4,6,8-11H2,(H,27,35)(H,26,29,36)/t12?,13-,15?,17+/m1/s1. The largest absolute Gasteiger partial charge is 0.491 e. The Labute approximate surface area is 209 Å². The van der Waals surface area contributed by atoms with Gasteiger partial charge in [0, 0.05) is 25.4 Å². The Morgan fingerprint density at radius 1 is 1.32 bits per heavy atom. The normalized spacial score (nSPS) is 22.2. The molecule has 0 radical (unpaired) electrons. The van der Waals surface area contributed by atoms with Crippen LogP contribution in [0.2, 0.25) is 0 Å². The number of nitrogens with zero attached hydrogens (tertiary/aromatic N) is 3. The predicted molar refractivity (Wildman–Crippen MR) is 122 cm³/mol. The summed E-state index contributed by atoms with van der Waals surface area (Å²) in [7, 11) is 0. The zero-order valence-electron chi connectivity index (χ0n) is 19.5. The van der Waals surface area contributed by atoms with Crippen molar-refractivity contribution in [1.82, 2.24) is 25.4 Å². The van der Waals surface area contributed by atoms with Crippen LogP contribution in [0.25, 0.3) is 0 Å². The van der Waals surface area contributed by atoms with E-state index in [1.807, 2.05) is 4.90 Å². The fourth-order valence-electron chi connectivity index (χ4n) is 4.17. The molecule has 4 heterocycles. The first kappa shape index (κ1) is 26.5. The van der Waals surface area contributed by atoms with Crippen molar-refractivity contribution in [3.63, 3.8) is 0 Å². The summed E-state index contributed by atoms with van der Waals surface area (Å²) in [6, 6.07) is 1.11. The molecule has 0 aliphatic carbocycles. The van der Waals surface area contributed by atoms with Crippen LogP contribution in [0.3, 0.4) is 0 Å². The highest BCUT2D eigenvalue weighted by molar-refractivity contribution is 5.91. The number of nitrogens with one attached hydrogen (secondary N) is 3. The Balaban J connectivity index is 1.45. The number of pyridine rings is 1. The maximum absolute atomic E-state index is 13.3. The lowest BCUT2D eigenvalue weighted by molar-refractivity contribution is -0.201. The van der Waals surface area contributed by atoms with Crippen LogP contribution in [-0.4, -0.2) is 105 Å². The second-order valence-electron chi connectivity index (χ2n) is 8.73. The quantitative estimate of drug-likeness (QED) is 0.261. The summed E-state index contributed by atoms with van der Waals surface area (Å²) in [4.78, 5) is 33.4. The molecule has 0 saturated carbocycles. The molecule has 0 aromatic carbocycles. The van der Waals surface area contributed by atoms with E-state index in [4.69, 9.17) is 14.9 Å². The summed E-state index contributed by atoms with van der Waals surface area (Å²) in [5.41, 5.74) is 0.659. The number of allylic oxidation sites excluding steroid dienone is 1. The molecule has 2 unspecified atom stereocenters. The van der Waals surface area contributed by atoms with Gasteiger partial charge in [-0.25, -0.2) is 9.78 Å². The zero-order chi connectivity index (χ0) is 26.7. The van der Waals surface area contributed by atoms with Gasteiger partial charge in [-0.3, -0.25) is 15.0 Å². The minimum atomic E-state index is -4.86. The minimum Gasteiger partial charge on any atom is -0.491 e. The van der Waals surface area contributed by atoms with Crippen LogP contribution in [0, 0.1) is 0 Å². The lowest BCUT2D eigenvalue weighted by Crippen LogP contribution is -2.56. The number of aliphatic hydroxyl groups is 3. The van der Waals surface area contributed by atoms with Gasteiger partial charge >= 0.3 is 12.2 Å². The summed E-state index contributed by atoms with van der Waals surface area (Å²) in [6.45, 7) is -0.402. The van der Waals surface area contributed by atoms with Crippen molar-refractivity contribution >= 4 is 17.8 Å². The molecule has 37 heavy (non-hydrogen) atoms. The molecule has 1 aromatic rings. The second kappa shape index (κ2) is 10.8. The van der Waals surface area contributed by atoms with Crippen molar-refractivity contribution in [2.24, 2.45) is 0 Å². The van der Waals surface area contributed by atoms with Gasteiger partial charge in [-0.05, 0) is 18.6 Å². The van der Waals surface area contributed by atoms with Gasteiger partial charge in [0.2, 0.25) is 5.91 Å². The summed E-state index contributed by atoms with van der Waals surface area (Å²) in [5.74, 6) is -0.00931. The molecule has 1 saturated heterocycles. The predicted octanol–water partition coefficient (Wildman–Crippen LogP) is -0.528. The number of rotatable bonds is 8. The van der Waals surface area contributed by atoms with Gasteiger partial charge < -0.3 is 35.6 Å². The molecule has 2 bridgehead atoms. The van der Waals surface area contributed by atoms with E-state index in [1.165, 1.54) is 29.3 Å². The Bertz CT molecular complexity index is 1080. The number of carbonyl (C=O) groups excluding carboxylic acids is 2. The van der Waals surface area contributed by atoms with Crippen LogP contribution < -0.4 is 20.7 Å². The number of alkyl halides is 3. The molecule has 4 atom stereocenters. The third-order valence-electron chi connectivity index (χ3n) is 6.06. The highest BCUT2D eigenvalue weighted by Crippen LogP contribution is 2.33. The van der Waals surface area contributed by atoms with Crippen molar-refractivity contribution in [3.05, 3.63) is 42.0 Å². The third-order valence-corrected chi connectivity index (χ3v) is 6.06. The average molecular weight is 528 g/mol. The number of ether oxygens (including phenoxy) is 1. The van der Waals surface area contributed by atoms with Crippen molar-refractivity contribution in [2.75, 3.05) is 38.2 Å². The number of fused-ring (bicyclic) bond motifs is 3. The average Bonchev–Trinajstić information content (AvgIpc) is 3.29. The number of carbonyl (C=O) groups is 2. The minimum absolute atomic E-state index is 0.158. The Morgan fingerprint density at radius 3 is 2.84 bits per heavy atom. The highest BCUT2D eigenvalue weighted by atomic mass is 19.4. The number of aromatic nitrogens is 1. The number of hydrogen-bond donors (Lipinski definition) is 6. The number of halogens is 3. The van der Waals surface area contributed by atoms with Crippen LogP contribution in [0.15, 0.2) is 42.0 Å². The first-order valence-electron chi connectivity index (χ1n) is 11.5. The molecule has 0 spiro atoms. The van der Waals surface area contributed by atoms with Crippen molar-refractivity contribution in [1.29, 1.82) is 0 Å². The van der Waals surface area contributed by atoms with Crippen LogP contribution in [0.5, 0.6) is 5.75 Å². The second-order valence-corrected chi connectivity index (χ2v) is 8.73. The maximum Gasteiger partial charge on any atom is 0.416 e. The molecule has 3 amide bonds. The Morgan fingerprint density at radius 2 is 2.11 bits per heavy atom. The third kappa shape index (κ3) is 6.06. The van der Waals surface area contributed by atoms with Gasteiger partial charge in [-0.15, -0.1) is 0 Å². The number of amides is 3. The molecular formula is C22H27F3N6O6. The summed E-state index contributed by atoms with van der Waals surface area (Å²) in [5, 5.41) is 35.2.